The first-order valence-electron chi connectivity index (χ1n) is 5.49. The van der Waals surface area contributed by atoms with Crippen LogP contribution in [-0.4, -0.2) is 53.2 Å². The smallest absolute Gasteiger partial charge is 0.408 e. The van der Waals surface area contributed by atoms with Crippen LogP contribution in [0.5, 0.6) is 0 Å². The Morgan fingerprint density at radius 1 is 1.33 bits per heavy atom. The minimum absolute atomic E-state index is 0.417. The molecule has 7 nitrogen and oxygen atoms in total. The molecule has 0 aliphatic carbocycles. The van der Waals surface area contributed by atoms with Crippen molar-refractivity contribution in [1.82, 2.24) is 10.2 Å². The molecule has 0 radical (unpaired) electrons. The average molecular weight is 260 g/mol. The molecular weight excluding hydrogens is 240 g/mol. The van der Waals surface area contributed by atoms with E-state index in [9.17, 15) is 14.4 Å². The number of alkyl carbamates (subject to hydrolysis) is 1. The standard InChI is InChI=1S/C11H20N2O5/c1-7(9(16)13(5)6-8(14)15)12-10(17)18-11(2,3)4/h7H,6H2,1-5H3,(H,12,17)(H,14,15)/t7-/m1/s1. The van der Waals surface area contributed by atoms with Crippen LogP contribution in [-0.2, 0) is 14.3 Å². The van der Waals surface area contributed by atoms with E-state index < -0.39 is 36.2 Å². The van der Waals surface area contributed by atoms with Gasteiger partial charge in [0, 0.05) is 7.05 Å². The molecule has 2 amide bonds. The number of amides is 2. The number of nitrogens with one attached hydrogen (secondary N) is 1. The van der Waals surface area contributed by atoms with Crippen LogP contribution in [0.4, 0.5) is 4.79 Å². The Labute approximate surface area is 106 Å². The van der Waals surface area contributed by atoms with Gasteiger partial charge in [0.25, 0.3) is 0 Å². The third-order valence-electron chi connectivity index (χ3n) is 1.85. The molecule has 7 heteroatoms. The Hall–Kier alpha value is -1.79. The summed E-state index contributed by atoms with van der Waals surface area (Å²) in [7, 11) is 1.35. The van der Waals surface area contributed by atoms with Gasteiger partial charge in [0.2, 0.25) is 5.91 Å². The highest BCUT2D eigenvalue weighted by molar-refractivity contribution is 5.87. The SMILES string of the molecule is C[C@@H](NC(=O)OC(C)(C)C)C(=O)N(C)CC(=O)O. The lowest BCUT2D eigenvalue weighted by atomic mass is 10.2. The van der Waals surface area contributed by atoms with Crippen molar-refractivity contribution in [3.63, 3.8) is 0 Å². The number of aliphatic carboxylic acids is 1. The van der Waals surface area contributed by atoms with E-state index in [0.717, 1.165) is 4.90 Å². The first kappa shape index (κ1) is 16.2. The lowest BCUT2D eigenvalue weighted by Gasteiger charge is -2.23. The molecule has 1 atom stereocenters. The van der Waals surface area contributed by atoms with E-state index in [0.29, 0.717) is 0 Å². The molecule has 0 unspecified atom stereocenters. The monoisotopic (exact) mass is 260 g/mol. The Morgan fingerprint density at radius 3 is 2.22 bits per heavy atom. The fraction of sp³-hybridized carbons (Fsp3) is 0.727. The summed E-state index contributed by atoms with van der Waals surface area (Å²) in [4.78, 5) is 34.5. The Balaban J connectivity index is 4.32. The maximum absolute atomic E-state index is 11.7. The van der Waals surface area contributed by atoms with Gasteiger partial charge in [-0.05, 0) is 27.7 Å². The van der Waals surface area contributed by atoms with Crippen LogP contribution in [0.1, 0.15) is 27.7 Å². The van der Waals surface area contributed by atoms with E-state index in [2.05, 4.69) is 5.32 Å². The topological polar surface area (TPSA) is 95.9 Å². The lowest BCUT2D eigenvalue weighted by molar-refractivity contribution is -0.144. The zero-order valence-electron chi connectivity index (χ0n) is 11.3. The van der Waals surface area contributed by atoms with Gasteiger partial charge >= 0.3 is 12.1 Å². The van der Waals surface area contributed by atoms with Crippen LogP contribution in [0, 0.1) is 0 Å². The van der Waals surface area contributed by atoms with E-state index in [1.54, 1.807) is 20.8 Å². The van der Waals surface area contributed by atoms with Crippen molar-refractivity contribution in [3.05, 3.63) is 0 Å². The van der Waals surface area contributed by atoms with Crippen molar-refractivity contribution in [2.75, 3.05) is 13.6 Å². The second-order valence-corrected chi connectivity index (χ2v) is 4.96. The molecule has 0 aromatic heterocycles. The highest BCUT2D eigenvalue weighted by atomic mass is 16.6. The predicted molar refractivity (Wildman–Crippen MR) is 64.1 cm³/mol. The van der Waals surface area contributed by atoms with Crippen molar-refractivity contribution < 1.29 is 24.2 Å². The molecule has 0 saturated carbocycles. The van der Waals surface area contributed by atoms with Gasteiger partial charge in [-0.1, -0.05) is 0 Å². The number of likely N-dealkylation sites (N-methyl/N-ethyl adjacent to an activating group) is 1. The number of hydrogen-bond donors (Lipinski definition) is 2. The maximum Gasteiger partial charge on any atom is 0.408 e. The summed E-state index contributed by atoms with van der Waals surface area (Å²) >= 11 is 0. The fourth-order valence-corrected chi connectivity index (χ4v) is 1.16. The van der Waals surface area contributed by atoms with Gasteiger partial charge in [-0.15, -0.1) is 0 Å². The summed E-state index contributed by atoms with van der Waals surface area (Å²) < 4.78 is 4.98. The van der Waals surface area contributed by atoms with Gasteiger partial charge in [0.05, 0.1) is 0 Å². The van der Waals surface area contributed by atoms with E-state index in [4.69, 9.17) is 9.84 Å². The van der Waals surface area contributed by atoms with E-state index in [1.165, 1.54) is 14.0 Å². The molecule has 0 rings (SSSR count). The van der Waals surface area contributed by atoms with E-state index in [-0.39, 0.29) is 0 Å². The van der Waals surface area contributed by atoms with Gasteiger partial charge in [0.15, 0.2) is 0 Å². The van der Waals surface area contributed by atoms with Crippen LogP contribution in [0.3, 0.4) is 0 Å². The number of nitrogens with zero attached hydrogens (tertiary/aromatic N) is 1. The lowest BCUT2D eigenvalue weighted by Crippen LogP contribution is -2.48. The molecule has 0 heterocycles. The molecule has 104 valence electrons. The fourth-order valence-electron chi connectivity index (χ4n) is 1.16. The molecule has 0 aliphatic rings. The van der Waals surface area contributed by atoms with Gasteiger partial charge in [-0.25, -0.2) is 4.79 Å². The Bertz CT molecular complexity index is 335. The number of carbonyl (C=O) groups excluding carboxylic acids is 2. The second kappa shape index (κ2) is 6.23. The van der Waals surface area contributed by atoms with Crippen molar-refractivity contribution in [2.45, 2.75) is 39.3 Å². The molecule has 0 aromatic carbocycles. The molecule has 0 bridgehead atoms. The molecule has 0 saturated heterocycles. The summed E-state index contributed by atoms with van der Waals surface area (Å²) in [6, 6.07) is -0.843. The predicted octanol–water partition coefficient (Wildman–Crippen LogP) is 0.443. The summed E-state index contributed by atoms with van der Waals surface area (Å²) in [5.74, 6) is -1.61. The van der Waals surface area contributed by atoms with Crippen molar-refractivity contribution >= 4 is 18.0 Å². The van der Waals surface area contributed by atoms with Crippen LogP contribution >= 0.6 is 0 Å². The van der Waals surface area contributed by atoms with Crippen LogP contribution < -0.4 is 5.32 Å². The Morgan fingerprint density at radius 2 is 1.83 bits per heavy atom. The summed E-state index contributed by atoms with van der Waals surface area (Å²) in [5.41, 5.74) is -0.653. The van der Waals surface area contributed by atoms with Crippen molar-refractivity contribution in [3.8, 4) is 0 Å². The van der Waals surface area contributed by atoms with Crippen LogP contribution in [0.2, 0.25) is 0 Å². The molecular formula is C11H20N2O5. The number of carboxylic acids is 1. The van der Waals surface area contributed by atoms with Crippen LogP contribution in [0.25, 0.3) is 0 Å². The summed E-state index contributed by atoms with van der Waals surface area (Å²) in [5, 5.41) is 10.9. The number of carbonyl (C=O) groups is 3. The minimum atomic E-state index is -1.12. The summed E-state index contributed by atoms with van der Waals surface area (Å²) in [6.07, 6.45) is -0.716. The third-order valence-corrected chi connectivity index (χ3v) is 1.85. The quantitative estimate of drug-likeness (QED) is 0.764. The number of carboxylic acid groups (broad SMARTS) is 1. The third kappa shape index (κ3) is 6.72. The molecule has 0 spiro atoms. The van der Waals surface area contributed by atoms with Gasteiger partial charge < -0.3 is 20.1 Å². The van der Waals surface area contributed by atoms with Gasteiger partial charge in [-0.3, -0.25) is 9.59 Å². The van der Waals surface area contributed by atoms with E-state index >= 15 is 0 Å². The normalized spacial score (nSPS) is 12.5. The van der Waals surface area contributed by atoms with Crippen molar-refractivity contribution in [1.29, 1.82) is 0 Å². The zero-order chi connectivity index (χ0) is 14.5. The van der Waals surface area contributed by atoms with Gasteiger partial charge in [-0.2, -0.15) is 0 Å². The Kier molecular flexibility index (Phi) is 5.61. The molecule has 0 fully saturated rings. The van der Waals surface area contributed by atoms with Crippen LogP contribution in [0.15, 0.2) is 0 Å². The summed E-state index contributed by atoms with van der Waals surface area (Å²) in [6.45, 7) is 6.16. The largest absolute Gasteiger partial charge is 0.480 e. The molecule has 18 heavy (non-hydrogen) atoms. The number of ether oxygens (including phenoxy) is 1. The van der Waals surface area contributed by atoms with Gasteiger partial charge in [0.1, 0.15) is 18.2 Å². The molecule has 2 N–H and O–H groups in total. The highest BCUT2D eigenvalue weighted by Gasteiger charge is 2.23. The second-order valence-electron chi connectivity index (χ2n) is 4.96. The minimum Gasteiger partial charge on any atom is -0.480 e. The van der Waals surface area contributed by atoms with E-state index in [1.807, 2.05) is 0 Å². The molecule has 0 aliphatic heterocycles. The first-order chi connectivity index (χ1) is 8.03. The highest BCUT2D eigenvalue weighted by Crippen LogP contribution is 2.06. The van der Waals surface area contributed by atoms with Crippen molar-refractivity contribution in [2.24, 2.45) is 0 Å². The number of hydrogen-bond acceptors (Lipinski definition) is 4. The first-order valence-corrected chi connectivity index (χ1v) is 5.49. The molecule has 0 aromatic rings. The maximum atomic E-state index is 11.7. The average Bonchev–Trinajstić information content (AvgIpc) is 2.11. The zero-order valence-corrected chi connectivity index (χ0v) is 11.3. The number of rotatable bonds is 4.